The first-order valence-electron chi connectivity index (χ1n) is 5.07. The van der Waals surface area contributed by atoms with Gasteiger partial charge in [0.05, 0.1) is 25.3 Å². The van der Waals surface area contributed by atoms with Crippen LogP contribution in [-0.2, 0) is 9.47 Å². The van der Waals surface area contributed by atoms with Crippen molar-refractivity contribution >= 4 is 0 Å². The van der Waals surface area contributed by atoms with Crippen LogP contribution < -0.4 is 5.32 Å². The molecule has 0 heterocycles. The number of nitriles is 1. The molecule has 1 atom stereocenters. The predicted octanol–water partition coefficient (Wildman–Crippen LogP) is 0.931. The quantitative estimate of drug-likeness (QED) is 0.563. The largest absolute Gasteiger partial charge is 0.379 e. The molecule has 0 amide bonds. The normalized spacial score (nSPS) is 12.4. The number of hydrogen-bond acceptors (Lipinski definition) is 4. The molecule has 1 N–H and O–H groups in total. The molecular formula is C10H20N2O2. The molecule has 0 radical (unpaired) electrons. The van der Waals surface area contributed by atoms with E-state index in [1.54, 1.807) is 7.05 Å². The fourth-order valence-corrected chi connectivity index (χ4v) is 0.941. The third-order valence-corrected chi connectivity index (χ3v) is 1.78. The van der Waals surface area contributed by atoms with Crippen molar-refractivity contribution in [2.24, 2.45) is 0 Å². The minimum Gasteiger partial charge on any atom is -0.379 e. The lowest BCUT2D eigenvalue weighted by atomic mass is 10.2. The summed E-state index contributed by atoms with van der Waals surface area (Å²) in [6, 6.07) is 2.04. The Kier molecular flexibility index (Phi) is 9.98. The molecule has 0 saturated heterocycles. The van der Waals surface area contributed by atoms with Gasteiger partial charge in [-0.1, -0.05) is 6.92 Å². The zero-order valence-corrected chi connectivity index (χ0v) is 9.08. The molecule has 0 aromatic carbocycles. The van der Waals surface area contributed by atoms with E-state index in [1.807, 2.05) is 0 Å². The number of ether oxygens (including phenoxy) is 2. The van der Waals surface area contributed by atoms with E-state index in [2.05, 4.69) is 18.3 Å². The molecular weight excluding hydrogens is 180 g/mol. The van der Waals surface area contributed by atoms with E-state index in [4.69, 9.17) is 14.7 Å². The van der Waals surface area contributed by atoms with Crippen molar-refractivity contribution in [1.29, 1.82) is 5.26 Å². The van der Waals surface area contributed by atoms with Gasteiger partial charge in [0.25, 0.3) is 0 Å². The summed E-state index contributed by atoms with van der Waals surface area (Å²) in [5, 5.41) is 11.5. The fraction of sp³-hybridized carbons (Fsp3) is 0.900. The molecule has 0 aromatic heterocycles. The van der Waals surface area contributed by atoms with Gasteiger partial charge in [-0.3, -0.25) is 0 Å². The van der Waals surface area contributed by atoms with E-state index >= 15 is 0 Å². The SMILES string of the molecule is CCCOCCOCCC(C#N)NC. The van der Waals surface area contributed by atoms with Crippen LogP contribution >= 0.6 is 0 Å². The molecule has 1 unspecified atom stereocenters. The highest BCUT2D eigenvalue weighted by atomic mass is 16.5. The number of nitrogens with zero attached hydrogens (tertiary/aromatic N) is 1. The maximum Gasteiger partial charge on any atom is 0.0972 e. The van der Waals surface area contributed by atoms with Gasteiger partial charge in [-0.15, -0.1) is 0 Å². The van der Waals surface area contributed by atoms with Crippen LogP contribution in [0.1, 0.15) is 19.8 Å². The van der Waals surface area contributed by atoms with Crippen LogP contribution in [-0.4, -0.2) is 39.5 Å². The third-order valence-electron chi connectivity index (χ3n) is 1.78. The maximum atomic E-state index is 8.61. The van der Waals surface area contributed by atoms with E-state index < -0.39 is 0 Å². The zero-order chi connectivity index (χ0) is 10.6. The van der Waals surface area contributed by atoms with Crippen LogP contribution in [0.3, 0.4) is 0 Å². The molecule has 82 valence electrons. The number of nitrogens with one attached hydrogen (secondary N) is 1. The second-order valence-electron chi connectivity index (χ2n) is 2.98. The molecule has 0 fully saturated rings. The van der Waals surface area contributed by atoms with Crippen molar-refractivity contribution in [2.75, 3.05) is 33.5 Å². The first kappa shape index (κ1) is 13.4. The van der Waals surface area contributed by atoms with Gasteiger partial charge >= 0.3 is 0 Å². The monoisotopic (exact) mass is 200 g/mol. The second kappa shape index (κ2) is 10.5. The van der Waals surface area contributed by atoms with Gasteiger partial charge in [0.15, 0.2) is 0 Å². The third kappa shape index (κ3) is 7.99. The molecule has 0 aliphatic carbocycles. The maximum absolute atomic E-state index is 8.61. The summed E-state index contributed by atoms with van der Waals surface area (Å²) in [5.74, 6) is 0. The molecule has 0 aromatic rings. The van der Waals surface area contributed by atoms with E-state index in [0.717, 1.165) is 19.4 Å². The van der Waals surface area contributed by atoms with Crippen molar-refractivity contribution in [3.63, 3.8) is 0 Å². The van der Waals surface area contributed by atoms with Crippen molar-refractivity contribution in [3.8, 4) is 6.07 Å². The predicted molar refractivity (Wildman–Crippen MR) is 55.0 cm³/mol. The van der Waals surface area contributed by atoms with Gasteiger partial charge in [-0.25, -0.2) is 0 Å². The lowest BCUT2D eigenvalue weighted by molar-refractivity contribution is 0.0460. The van der Waals surface area contributed by atoms with Crippen molar-refractivity contribution in [1.82, 2.24) is 5.32 Å². The van der Waals surface area contributed by atoms with Crippen LogP contribution in [0.5, 0.6) is 0 Å². The molecule has 0 rings (SSSR count). The van der Waals surface area contributed by atoms with E-state index in [0.29, 0.717) is 19.8 Å². The summed E-state index contributed by atoms with van der Waals surface area (Å²) in [5.41, 5.74) is 0. The molecule has 0 aliphatic rings. The molecule has 0 bridgehead atoms. The molecule has 0 spiro atoms. The van der Waals surface area contributed by atoms with Crippen LogP contribution in [0, 0.1) is 11.3 Å². The van der Waals surface area contributed by atoms with Crippen LogP contribution in [0.15, 0.2) is 0 Å². The summed E-state index contributed by atoms with van der Waals surface area (Å²) in [7, 11) is 1.78. The van der Waals surface area contributed by atoms with E-state index in [-0.39, 0.29) is 6.04 Å². The average molecular weight is 200 g/mol. The smallest absolute Gasteiger partial charge is 0.0972 e. The molecule has 14 heavy (non-hydrogen) atoms. The van der Waals surface area contributed by atoms with Crippen LogP contribution in [0.2, 0.25) is 0 Å². The Balaban J connectivity index is 3.09. The lowest BCUT2D eigenvalue weighted by Gasteiger charge is -2.08. The van der Waals surface area contributed by atoms with Gasteiger partial charge in [-0.05, 0) is 19.9 Å². The summed E-state index contributed by atoms with van der Waals surface area (Å²) < 4.78 is 10.5. The summed E-state index contributed by atoms with van der Waals surface area (Å²) in [6.07, 6.45) is 1.76. The standard InChI is InChI=1S/C10H20N2O2/c1-3-5-13-7-8-14-6-4-10(9-11)12-2/h10,12H,3-8H2,1-2H3. The van der Waals surface area contributed by atoms with Crippen LogP contribution in [0.4, 0.5) is 0 Å². The highest BCUT2D eigenvalue weighted by Crippen LogP contribution is 1.90. The molecule has 0 saturated carbocycles. The minimum absolute atomic E-state index is 0.105. The van der Waals surface area contributed by atoms with Crippen LogP contribution in [0.25, 0.3) is 0 Å². The Morgan fingerprint density at radius 2 is 1.86 bits per heavy atom. The van der Waals surface area contributed by atoms with Gasteiger partial charge in [0.1, 0.15) is 0 Å². The van der Waals surface area contributed by atoms with Gasteiger partial charge in [0, 0.05) is 13.2 Å². The van der Waals surface area contributed by atoms with E-state index in [1.165, 1.54) is 0 Å². The summed E-state index contributed by atoms with van der Waals surface area (Å²) >= 11 is 0. The first-order valence-corrected chi connectivity index (χ1v) is 5.07. The summed E-state index contributed by atoms with van der Waals surface area (Å²) in [4.78, 5) is 0. The molecule has 4 heteroatoms. The number of rotatable bonds is 9. The van der Waals surface area contributed by atoms with Crippen molar-refractivity contribution in [2.45, 2.75) is 25.8 Å². The molecule has 4 nitrogen and oxygen atoms in total. The zero-order valence-electron chi connectivity index (χ0n) is 9.08. The van der Waals surface area contributed by atoms with Gasteiger partial charge < -0.3 is 14.8 Å². The summed E-state index contributed by atoms with van der Waals surface area (Å²) in [6.45, 7) is 4.73. The number of hydrogen-bond donors (Lipinski definition) is 1. The highest BCUT2D eigenvalue weighted by molar-refractivity contribution is 4.87. The van der Waals surface area contributed by atoms with E-state index in [9.17, 15) is 0 Å². The second-order valence-corrected chi connectivity index (χ2v) is 2.98. The molecule has 0 aliphatic heterocycles. The fourth-order valence-electron chi connectivity index (χ4n) is 0.941. The lowest BCUT2D eigenvalue weighted by Crippen LogP contribution is -2.24. The average Bonchev–Trinajstić information content (AvgIpc) is 2.22. The first-order chi connectivity index (χ1) is 6.85. The Morgan fingerprint density at radius 1 is 1.21 bits per heavy atom. The topological polar surface area (TPSA) is 54.3 Å². The highest BCUT2D eigenvalue weighted by Gasteiger charge is 2.02. The van der Waals surface area contributed by atoms with Gasteiger partial charge in [-0.2, -0.15) is 5.26 Å². The Hall–Kier alpha value is -0.630. The van der Waals surface area contributed by atoms with Crippen molar-refractivity contribution in [3.05, 3.63) is 0 Å². The Labute approximate surface area is 86.2 Å². The Bertz CT molecular complexity index is 157. The van der Waals surface area contributed by atoms with Gasteiger partial charge in [0.2, 0.25) is 0 Å². The Morgan fingerprint density at radius 3 is 2.36 bits per heavy atom. The minimum atomic E-state index is -0.105. The van der Waals surface area contributed by atoms with Crippen molar-refractivity contribution < 1.29 is 9.47 Å².